The molecule has 0 unspecified atom stereocenters. The molecule has 0 aliphatic rings. The Kier molecular flexibility index (Phi) is 5.43. The van der Waals surface area contributed by atoms with Gasteiger partial charge in [-0.1, -0.05) is 43.7 Å². The second-order valence-electron chi connectivity index (χ2n) is 4.66. The first-order chi connectivity index (χ1) is 10.2. The molecule has 0 amide bonds. The second-order valence-corrected chi connectivity index (χ2v) is 4.66. The van der Waals surface area contributed by atoms with Gasteiger partial charge in [0.1, 0.15) is 6.61 Å². The zero-order chi connectivity index (χ0) is 15.1. The van der Waals surface area contributed by atoms with Gasteiger partial charge in [-0.15, -0.1) is 0 Å². The number of carbonyl (C=O) groups is 1. The molecule has 2 aromatic rings. The van der Waals surface area contributed by atoms with Crippen LogP contribution in [0, 0.1) is 0 Å². The van der Waals surface area contributed by atoms with Crippen LogP contribution >= 0.6 is 0 Å². The minimum Gasteiger partial charge on any atom is -0.460 e. The molecule has 112 valence electrons. The second kappa shape index (κ2) is 7.53. The van der Waals surface area contributed by atoms with Crippen LogP contribution in [-0.4, -0.2) is 12.6 Å². The van der Waals surface area contributed by atoms with Gasteiger partial charge in [0.05, 0.1) is 6.61 Å². The lowest BCUT2D eigenvalue weighted by Crippen LogP contribution is -2.05. The number of benzene rings is 1. The fourth-order valence-electron chi connectivity index (χ4n) is 2.03. The van der Waals surface area contributed by atoms with E-state index in [-0.39, 0.29) is 5.76 Å². The van der Waals surface area contributed by atoms with E-state index in [1.165, 1.54) is 0 Å². The molecule has 2 rings (SSSR count). The van der Waals surface area contributed by atoms with E-state index < -0.39 is 5.97 Å². The van der Waals surface area contributed by atoms with E-state index in [9.17, 15) is 4.79 Å². The van der Waals surface area contributed by atoms with Gasteiger partial charge in [0, 0.05) is 11.6 Å². The van der Waals surface area contributed by atoms with Crippen LogP contribution in [-0.2, 0) is 17.8 Å². The van der Waals surface area contributed by atoms with Crippen LogP contribution in [0.25, 0.3) is 0 Å². The van der Waals surface area contributed by atoms with Gasteiger partial charge < -0.3 is 13.9 Å². The monoisotopic (exact) mass is 288 g/mol. The van der Waals surface area contributed by atoms with Crippen molar-refractivity contribution < 1.29 is 18.7 Å². The Morgan fingerprint density at radius 1 is 1.19 bits per heavy atom. The summed E-state index contributed by atoms with van der Waals surface area (Å²) in [6.45, 7) is 4.55. The number of furan rings is 1. The van der Waals surface area contributed by atoms with Gasteiger partial charge in [-0.2, -0.15) is 0 Å². The Morgan fingerprint density at radius 3 is 2.62 bits per heavy atom. The molecule has 0 N–H and O–H groups in total. The zero-order valence-corrected chi connectivity index (χ0v) is 12.4. The molecule has 0 fully saturated rings. The summed E-state index contributed by atoms with van der Waals surface area (Å²) in [6, 6.07) is 11.6. The number of carbonyl (C=O) groups excluding carboxylic acids is 1. The van der Waals surface area contributed by atoms with Crippen molar-refractivity contribution in [1.29, 1.82) is 0 Å². The molecule has 21 heavy (non-hydrogen) atoms. The summed E-state index contributed by atoms with van der Waals surface area (Å²) < 4.78 is 16.1. The van der Waals surface area contributed by atoms with Crippen molar-refractivity contribution in [3.63, 3.8) is 0 Å². The molecule has 0 radical (unpaired) electrons. The predicted octanol–water partition coefficient (Wildman–Crippen LogP) is 3.99. The summed E-state index contributed by atoms with van der Waals surface area (Å²) in [5.41, 5.74) is 1.88. The maximum absolute atomic E-state index is 11.9. The quantitative estimate of drug-likeness (QED) is 0.723. The fourth-order valence-corrected chi connectivity index (χ4v) is 2.03. The highest BCUT2D eigenvalue weighted by Crippen LogP contribution is 2.25. The van der Waals surface area contributed by atoms with Gasteiger partial charge in [0.15, 0.2) is 0 Å². The zero-order valence-electron chi connectivity index (χ0n) is 12.4. The molecule has 1 heterocycles. The predicted molar refractivity (Wildman–Crippen MR) is 79.4 cm³/mol. The minimum absolute atomic E-state index is 0.252. The highest BCUT2D eigenvalue weighted by atomic mass is 16.6. The third-order valence-electron chi connectivity index (χ3n) is 2.99. The molecule has 4 nitrogen and oxygen atoms in total. The average molecular weight is 288 g/mol. The molecule has 0 bridgehead atoms. The SMILES string of the molecule is CCCc1cc(OCc2ccccc2)oc1C(=O)OCC. The van der Waals surface area contributed by atoms with E-state index >= 15 is 0 Å². The Hall–Kier alpha value is -2.23. The van der Waals surface area contributed by atoms with Crippen LogP contribution in [0.15, 0.2) is 40.8 Å². The summed E-state index contributed by atoms with van der Waals surface area (Å²) in [5.74, 6) is 0.169. The number of hydrogen-bond donors (Lipinski definition) is 0. The van der Waals surface area contributed by atoms with Gasteiger partial charge in [-0.3, -0.25) is 0 Å². The van der Waals surface area contributed by atoms with Crippen molar-refractivity contribution in [3.05, 3.63) is 53.3 Å². The standard InChI is InChI=1S/C17H20O4/c1-3-8-14-11-15(21-16(14)17(18)19-4-2)20-12-13-9-6-5-7-10-13/h5-7,9-11H,3-4,8,12H2,1-2H3. The molecule has 0 saturated heterocycles. The van der Waals surface area contributed by atoms with Crippen molar-refractivity contribution >= 4 is 5.97 Å². The Balaban J connectivity index is 2.09. The lowest BCUT2D eigenvalue weighted by Gasteiger charge is -2.02. The molecule has 0 atom stereocenters. The normalized spacial score (nSPS) is 10.4. The number of ether oxygens (including phenoxy) is 2. The van der Waals surface area contributed by atoms with Gasteiger partial charge in [-0.05, 0) is 18.9 Å². The molecule has 4 heteroatoms. The Bertz CT molecular complexity index is 572. The number of hydrogen-bond acceptors (Lipinski definition) is 4. The van der Waals surface area contributed by atoms with Crippen molar-refractivity contribution in [1.82, 2.24) is 0 Å². The van der Waals surface area contributed by atoms with E-state index in [1.54, 1.807) is 13.0 Å². The van der Waals surface area contributed by atoms with Gasteiger partial charge in [0.2, 0.25) is 5.76 Å². The van der Waals surface area contributed by atoms with Gasteiger partial charge >= 0.3 is 5.97 Å². The first-order valence-corrected chi connectivity index (χ1v) is 7.21. The van der Waals surface area contributed by atoms with E-state index in [0.717, 1.165) is 24.0 Å². The van der Waals surface area contributed by atoms with Crippen molar-refractivity contribution in [2.75, 3.05) is 6.61 Å². The molecule has 1 aromatic heterocycles. The molecular weight excluding hydrogens is 268 g/mol. The first-order valence-electron chi connectivity index (χ1n) is 7.21. The summed E-state index contributed by atoms with van der Waals surface area (Å²) in [4.78, 5) is 11.9. The Morgan fingerprint density at radius 2 is 1.95 bits per heavy atom. The highest BCUT2D eigenvalue weighted by molar-refractivity contribution is 5.88. The van der Waals surface area contributed by atoms with E-state index in [1.807, 2.05) is 37.3 Å². The van der Waals surface area contributed by atoms with Crippen LogP contribution in [0.1, 0.15) is 41.9 Å². The largest absolute Gasteiger partial charge is 0.460 e. The summed E-state index contributed by atoms with van der Waals surface area (Å²) in [6.07, 6.45) is 1.68. The van der Waals surface area contributed by atoms with Crippen LogP contribution in [0.3, 0.4) is 0 Å². The smallest absolute Gasteiger partial charge is 0.374 e. The van der Waals surface area contributed by atoms with Gasteiger partial charge in [-0.25, -0.2) is 4.79 Å². The molecule has 0 saturated carbocycles. The van der Waals surface area contributed by atoms with Crippen molar-refractivity contribution in [3.8, 4) is 5.95 Å². The topological polar surface area (TPSA) is 48.7 Å². The first kappa shape index (κ1) is 15.2. The van der Waals surface area contributed by atoms with Crippen LogP contribution in [0.5, 0.6) is 5.95 Å². The fraction of sp³-hybridized carbons (Fsp3) is 0.353. The van der Waals surface area contributed by atoms with Gasteiger partial charge in [0.25, 0.3) is 5.95 Å². The summed E-state index contributed by atoms with van der Waals surface area (Å²) in [7, 11) is 0. The summed E-state index contributed by atoms with van der Waals surface area (Å²) in [5, 5.41) is 0. The average Bonchev–Trinajstić information content (AvgIpc) is 2.90. The van der Waals surface area contributed by atoms with Crippen LogP contribution < -0.4 is 4.74 Å². The highest BCUT2D eigenvalue weighted by Gasteiger charge is 2.19. The molecule has 0 aliphatic heterocycles. The Labute approximate surface area is 124 Å². The van der Waals surface area contributed by atoms with Crippen molar-refractivity contribution in [2.45, 2.75) is 33.3 Å². The molecule has 0 aliphatic carbocycles. The molecule has 0 spiro atoms. The number of rotatable bonds is 7. The third-order valence-corrected chi connectivity index (χ3v) is 2.99. The van der Waals surface area contributed by atoms with Crippen LogP contribution in [0.4, 0.5) is 0 Å². The number of aryl methyl sites for hydroxylation is 1. The number of esters is 1. The van der Waals surface area contributed by atoms with Crippen LogP contribution in [0.2, 0.25) is 0 Å². The molecular formula is C17H20O4. The summed E-state index contributed by atoms with van der Waals surface area (Å²) >= 11 is 0. The third kappa shape index (κ3) is 4.12. The van der Waals surface area contributed by atoms with E-state index in [4.69, 9.17) is 13.9 Å². The van der Waals surface area contributed by atoms with E-state index in [0.29, 0.717) is 19.2 Å². The van der Waals surface area contributed by atoms with Crippen molar-refractivity contribution in [2.24, 2.45) is 0 Å². The minimum atomic E-state index is -0.435. The lowest BCUT2D eigenvalue weighted by atomic mass is 10.1. The maximum atomic E-state index is 11.9. The lowest BCUT2D eigenvalue weighted by molar-refractivity contribution is 0.0479. The van der Waals surface area contributed by atoms with E-state index in [2.05, 4.69) is 0 Å². The molecule has 1 aromatic carbocycles. The maximum Gasteiger partial charge on any atom is 0.374 e.